The van der Waals surface area contributed by atoms with E-state index in [9.17, 15) is 0 Å². The summed E-state index contributed by atoms with van der Waals surface area (Å²) in [6.07, 6.45) is 4.12. The van der Waals surface area contributed by atoms with E-state index in [2.05, 4.69) is 39.1 Å². The summed E-state index contributed by atoms with van der Waals surface area (Å²) in [5, 5.41) is 5.14. The summed E-state index contributed by atoms with van der Waals surface area (Å²) in [5.41, 5.74) is 1.17. The van der Waals surface area contributed by atoms with E-state index in [4.69, 9.17) is 11.6 Å². The van der Waals surface area contributed by atoms with Crippen LogP contribution in [0.25, 0.3) is 0 Å². The van der Waals surface area contributed by atoms with Crippen molar-refractivity contribution in [2.45, 2.75) is 31.1 Å². The van der Waals surface area contributed by atoms with Crippen molar-refractivity contribution in [3.63, 3.8) is 0 Å². The second kappa shape index (κ2) is 7.03. The molecule has 1 N–H and O–H groups in total. The van der Waals surface area contributed by atoms with E-state index in [1.54, 1.807) is 0 Å². The number of halogens is 2. The van der Waals surface area contributed by atoms with Crippen LogP contribution in [0, 0.1) is 0 Å². The monoisotopic (exact) mass is 333 g/mol. The Bertz CT molecular complexity index is 366. The molecule has 1 saturated heterocycles. The molecular formula is C13H17BrClNS. The minimum atomic E-state index is 0.787. The van der Waals surface area contributed by atoms with Gasteiger partial charge in [0.1, 0.15) is 0 Å². The molecule has 0 spiro atoms. The van der Waals surface area contributed by atoms with Crippen molar-refractivity contribution in [1.82, 2.24) is 5.32 Å². The van der Waals surface area contributed by atoms with Crippen molar-refractivity contribution in [2.24, 2.45) is 0 Å². The van der Waals surface area contributed by atoms with E-state index < -0.39 is 0 Å². The van der Waals surface area contributed by atoms with E-state index in [-0.39, 0.29) is 0 Å². The molecule has 1 nitrogen and oxygen atoms in total. The SMILES string of the molecule is Clc1ccc(Br)cc1CNCC1CCCCS1. The lowest BCUT2D eigenvalue weighted by Gasteiger charge is -2.21. The van der Waals surface area contributed by atoms with Crippen molar-refractivity contribution in [1.29, 1.82) is 0 Å². The first-order valence-electron chi connectivity index (χ1n) is 6.02. The highest BCUT2D eigenvalue weighted by Gasteiger charge is 2.13. The Morgan fingerprint density at radius 1 is 1.41 bits per heavy atom. The van der Waals surface area contributed by atoms with E-state index in [1.807, 2.05) is 12.1 Å². The van der Waals surface area contributed by atoms with Crippen LogP contribution >= 0.6 is 39.3 Å². The highest BCUT2D eigenvalue weighted by molar-refractivity contribution is 9.10. The third-order valence-corrected chi connectivity index (χ3v) is 5.23. The average Bonchev–Trinajstić information content (AvgIpc) is 2.35. The fourth-order valence-corrected chi connectivity index (χ4v) is 3.88. The molecule has 94 valence electrons. The molecule has 1 aliphatic rings. The number of nitrogens with one attached hydrogen (secondary N) is 1. The lowest BCUT2D eigenvalue weighted by Crippen LogP contribution is -2.26. The second-order valence-corrected chi connectivity index (χ2v) is 7.09. The third-order valence-electron chi connectivity index (χ3n) is 2.97. The minimum Gasteiger partial charge on any atom is -0.312 e. The van der Waals surface area contributed by atoms with Crippen molar-refractivity contribution >= 4 is 39.3 Å². The molecule has 17 heavy (non-hydrogen) atoms. The summed E-state index contributed by atoms with van der Waals surface area (Å²) < 4.78 is 1.09. The van der Waals surface area contributed by atoms with Crippen LogP contribution in [-0.4, -0.2) is 17.5 Å². The Kier molecular flexibility index (Phi) is 5.67. The summed E-state index contributed by atoms with van der Waals surface area (Å²) in [6.45, 7) is 1.95. The Balaban J connectivity index is 1.79. The number of thioether (sulfide) groups is 1. The number of hydrogen-bond acceptors (Lipinski definition) is 2. The highest BCUT2D eigenvalue weighted by atomic mass is 79.9. The van der Waals surface area contributed by atoms with Gasteiger partial charge in [0, 0.05) is 27.8 Å². The van der Waals surface area contributed by atoms with Crippen LogP contribution in [0.5, 0.6) is 0 Å². The molecule has 1 unspecified atom stereocenters. The molecule has 1 fully saturated rings. The van der Waals surface area contributed by atoms with Gasteiger partial charge in [-0.25, -0.2) is 0 Å². The van der Waals surface area contributed by atoms with Gasteiger partial charge in [0.05, 0.1) is 0 Å². The molecule has 0 radical (unpaired) electrons. The maximum atomic E-state index is 6.15. The predicted octanol–water partition coefficient (Wildman–Crippen LogP) is 4.48. The molecule has 1 aliphatic heterocycles. The first-order valence-corrected chi connectivity index (χ1v) is 8.24. The standard InChI is InChI=1S/C13H17BrClNS/c14-11-4-5-13(15)10(7-11)8-16-9-12-3-1-2-6-17-12/h4-5,7,12,16H,1-3,6,8-9H2. The van der Waals surface area contributed by atoms with Crippen molar-refractivity contribution in [2.75, 3.05) is 12.3 Å². The summed E-state index contributed by atoms with van der Waals surface area (Å²) in [4.78, 5) is 0. The molecule has 4 heteroatoms. The van der Waals surface area contributed by atoms with Crippen LogP contribution < -0.4 is 5.32 Å². The van der Waals surface area contributed by atoms with E-state index in [1.165, 1.54) is 30.6 Å². The van der Waals surface area contributed by atoms with Crippen LogP contribution in [0.1, 0.15) is 24.8 Å². The summed E-state index contributed by atoms with van der Waals surface area (Å²) in [5.74, 6) is 1.32. The maximum Gasteiger partial charge on any atom is 0.0451 e. The van der Waals surface area contributed by atoms with Gasteiger partial charge < -0.3 is 5.32 Å². The lowest BCUT2D eigenvalue weighted by molar-refractivity contribution is 0.598. The minimum absolute atomic E-state index is 0.787. The first kappa shape index (κ1) is 13.7. The molecule has 2 rings (SSSR count). The van der Waals surface area contributed by atoms with Gasteiger partial charge in [-0.3, -0.25) is 0 Å². The van der Waals surface area contributed by atoms with Gasteiger partial charge in [-0.05, 0) is 42.4 Å². The fourth-order valence-electron chi connectivity index (χ4n) is 2.01. The Labute approximate surface area is 121 Å². The summed E-state index contributed by atoms with van der Waals surface area (Å²) in [6, 6.07) is 6.00. The number of benzene rings is 1. The lowest BCUT2D eigenvalue weighted by atomic mass is 10.2. The average molecular weight is 335 g/mol. The molecule has 1 aromatic carbocycles. The van der Waals surface area contributed by atoms with Gasteiger partial charge in [-0.15, -0.1) is 0 Å². The Hall–Kier alpha value is 0.300. The zero-order valence-electron chi connectivity index (χ0n) is 9.72. The quantitative estimate of drug-likeness (QED) is 0.871. The Morgan fingerprint density at radius 3 is 3.06 bits per heavy atom. The molecule has 0 aliphatic carbocycles. The zero-order chi connectivity index (χ0) is 12.1. The van der Waals surface area contributed by atoms with Crippen LogP contribution in [0.4, 0.5) is 0 Å². The normalized spacial score (nSPS) is 20.5. The molecule has 0 saturated carbocycles. The topological polar surface area (TPSA) is 12.0 Å². The summed E-state index contributed by atoms with van der Waals surface area (Å²) in [7, 11) is 0. The fraction of sp³-hybridized carbons (Fsp3) is 0.538. The van der Waals surface area contributed by atoms with E-state index >= 15 is 0 Å². The van der Waals surface area contributed by atoms with Crippen LogP contribution in [0.15, 0.2) is 22.7 Å². The molecule has 1 heterocycles. The van der Waals surface area contributed by atoms with Crippen molar-refractivity contribution < 1.29 is 0 Å². The molecule has 1 aromatic rings. The number of hydrogen-bond donors (Lipinski definition) is 1. The second-order valence-electron chi connectivity index (χ2n) is 4.36. The van der Waals surface area contributed by atoms with Crippen LogP contribution in [0.3, 0.4) is 0 Å². The van der Waals surface area contributed by atoms with E-state index in [0.29, 0.717) is 0 Å². The predicted molar refractivity (Wildman–Crippen MR) is 81.0 cm³/mol. The Morgan fingerprint density at radius 2 is 2.29 bits per heavy atom. The van der Waals surface area contributed by atoms with Gasteiger partial charge in [0.15, 0.2) is 0 Å². The summed E-state index contributed by atoms with van der Waals surface area (Å²) >= 11 is 11.7. The number of rotatable bonds is 4. The van der Waals surface area contributed by atoms with E-state index in [0.717, 1.165) is 27.8 Å². The zero-order valence-corrected chi connectivity index (χ0v) is 12.9. The maximum absolute atomic E-state index is 6.15. The molecule has 0 bridgehead atoms. The molecular weight excluding hydrogens is 318 g/mol. The van der Waals surface area contributed by atoms with Gasteiger partial charge >= 0.3 is 0 Å². The van der Waals surface area contributed by atoms with Crippen molar-refractivity contribution in [3.8, 4) is 0 Å². The molecule has 0 aromatic heterocycles. The largest absolute Gasteiger partial charge is 0.312 e. The highest BCUT2D eigenvalue weighted by Crippen LogP contribution is 2.25. The van der Waals surface area contributed by atoms with Gasteiger partial charge in [0.2, 0.25) is 0 Å². The van der Waals surface area contributed by atoms with Crippen molar-refractivity contribution in [3.05, 3.63) is 33.3 Å². The third kappa shape index (κ3) is 4.47. The van der Waals surface area contributed by atoms with Gasteiger partial charge in [0.25, 0.3) is 0 Å². The van der Waals surface area contributed by atoms with Gasteiger partial charge in [-0.1, -0.05) is 34.0 Å². The van der Waals surface area contributed by atoms with Crippen LogP contribution in [-0.2, 0) is 6.54 Å². The van der Waals surface area contributed by atoms with Gasteiger partial charge in [-0.2, -0.15) is 11.8 Å². The smallest absolute Gasteiger partial charge is 0.0451 e. The first-order chi connectivity index (χ1) is 8.25. The molecule has 1 atom stereocenters. The molecule has 0 amide bonds. The van der Waals surface area contributed by atoms with Crippen LogP contribution in [0.2, 0.25) is 5.02 Å².